The number of carbonyl (C=O) groups excluding carboxylic acids is 2. The smallest absolute Gasteiger partial charge is 0.336 e. The Kier molecular flexibility index (Phi) is 7.32. The van der Waals surface area contributed by atoms with E-state index in [0.29, 0.717) is 6.61 Å². The van der Waals surface area contributed by atoms with E-state index in [-0.39, 0.29) is 11.4 Å². The molecule has 0 bridgehead atoms. The zero-order chi connectivity index (χ0) is 16.4. The van der Waals surface area contributed by atoms with Gasteiger partial charge < -0.3 is 9.47 Å². The van der Waals surface area contributed by atoms with Gasteiger partial charge in [-0.2, -0.15) is 0 Å². The molecule has 7 nitrogen and oxygen atoms in total. The van der Waals surface area contributed by atoms with Gasteiger partial charge in [-0.1, -0.05) is 25.8 Å². The predicted molar refractivity (Wildman–Crippen MR) is 78.4 cm³/mol. The summed E-state index contributed by atoms with van der Waals surface area (Å²) < 4.78 is 9.73. The first-order valence-corrected chi connectivity index (χ1v) is 6.84. The number of nitrogens with zero attached hydrogens (tertiary/aromatic N) is 1. The molecule has 0 amide bonds. The van der Waals surface area contributed by atoms with Gasteiger partial charge in [0.2, 0.25) is 0 Å². The summed E-state index contributed by atoms with van der Waals surface area (Å²) in [7, 11) is 0. The molecule has 1 aromatic carbocycles. The van der Waals surface area contributed by atoms with Gasteiger partial charge in [-0.3, -0.25) is 10.1 Å². The molecule has 1 rings (SSSR count). The molecule has 0 aliphatic heterocycles. The van der Waals surface area contributed by atoms with E-state index in [1.807, 2.05) is 6.92 Å². The summed E-state index contributed by atoms with van der Waals surface area (Å²) in [4.78, 5) is 32.8. The van der Waals surface area contributed by atoms with Crippen molar-refractivity contribution in [1.29, 1.82) is 0 Å². The normalized spacial score (nSPS) is 10.4. The molecular weight excluding hydrogens is 290 g/mol. The third kappa shape index (κ3) is 6.65. The Morgan fingerprint density at radius 1 is 1.23 bits per heavy atom. The maximum Gasteiger partial charge on any atom is 0.336 e. The second-order valence-electron chi connectivity index (χ2n) is 4.38. The quantitative estimate of drug-likeness (QED) is 0.183. The van der Waals surface area contributed by atoms with Crippen LogP contribution < -0.4 is 4.74 Å². The molecule has 0 aromatic heterocycles. The molecule has 0 atom stereocenters. The summed E-state index contributed by atoms with van der Waals surface area (Å²) in [5.74, 6) is -1.42. The number of ether oxygens (including phenoxy) is 2. The number of non-ortho nitro benzene ring substituents is 1. The SMILES string of the molecule is CCCCCOC(=O)/C=C/C(=O)Oc1cccc([N+](=O)[O-])c1. The summed E-state index contributed by atoms with van der Waals surface area (Å²) >= 11 is 0. The second-order valence-corrected chi connectivity index (χ2v) is 4.38. The van der Waals surface area contributed by atoms with Crippen molar-refractivity contribution in [3.8, 4) is 5.75 Å². The van der Waals surface area contributed by atoms with Crippen LogP contribution in [0.4, 0.5) is 5.69 Å². The first-order chi connectivity index (χ1) is 10.5. The minimum Gasteiger partial charge on any atom is -0.463 e. The molecule has 0 saturated carbocycles. The van der Waals surface area contributed by atoms with Gasteiger partial charge in [0.25, 0.3) is 5.69 Å². The lowest BCUT2D eigenvalue weighted by Crippen LogP contribution is -2.07. The molecule has 118 valence electrons. The number of nitro groups is 1. The van der Waals surface area contributed by atoms with Gasteiger partial charge in [-0.15, -0.1) is 0 Å². The molecule has 0 spiro atoms. The molecule has 0 fully saturated rings. The Morgan fingerprint density at radius 3 is 2.64 bits per heavy atom. The fraction of sp³-hybridized carbons (Fsp3) is 0.333. The van der Waals surface area contributed by atoms with Crippen LogP contribution >= 0.6 is 0 Å². The van der Waals surface area contributed by atoms with Crippen LogP contribution in [0.1, 0.15) is 26.2 Å². The number of benzene rings is 1. The largest absolute Gasteiger partial charge is 0.463 e. The molecule has 0 aliphatic carbocycles. The first kappa shape index (κ1) is 17.4. The highest BCUT2D eigenvalue weighted by molar-refractivity contribution is 5.92. The molecule has 0 N–H and O–H groups in total. The average Bonchev–Trinajstić information content (AvgIpc) is 2.50. The monoisotopic (exact) mass is 307 g/mol. The van der Waals surface area contributed by atoms with Crippen molar-refractivity contribution < 1.29 is 24.0 Å². The lowest BCUT2D eigenvalue weighted by Gasteiger charge is -2.01. The maximum absolute atomic E-state index is 11.5. The van der Waals surface area contributed by atoms with Gasteiger partial charge in [-0.25, -0.2) is 9.59 Å². The molecule has 0 radical (unpaired) electrons. The van der Waals surface area contributed by atoms with Gasteiger partial charge in [0, 0.05) is 18.2 Å². The van der Waals surface area contributed by atoms with E-state index in [9.17, 15) is 19.7 Å². The molecule has 0 saturated heterocycles. The van der Waals surface area contributed by atoms with Gasteiger partial charge in [-0.05, 0) is 12.5 Å². The van der Waals surface area contributed by atoms with E-state index in [1.165, 1.54) is 18.2 Å². The zero-order valence-corrected chi connectivity index (χ0v) is 12.2. The van der Waals surface area contributed by atoms with Crippen molar-refractivity contribution in [2.45, 2.75) is 26.2 Å². The summed E-state index contributed by atoms with van der Waals surface area (Å²) in [6.45, 7) is 2.34. The molecule has 22 heavy (non-hydrogen) atoms. The topological polar surface area (TPSA) is 95.7 Å². The number of carbonyl (C=O) groups is 2. The summed E-state index contributed by atoms with van der Waals surface area (Å²) in [5.41, 5.74) is -0.190. The van der Waals surface area contributed by atoms with Crippen LogP contribution in [-0.2, 0) is 14.3 Å². The van der Waals surface area contributed by atoms with E-state index in [4.69, 9.17) is 9.47 Å². The van der Waals surface area contributed by atoms with Gasteiger partial charge in [0.1, 0.15) is 5.75 Å². The summed E-state index contributed by atoms with van der Waals surface area (Å²) in [5, 5.41) is 10.6. The van der Waals surface area contributed by atoms with Crippen LogP contribution in [0.25, 0.3) is 0 Å². The zero-order valence-electron chi connectivity index (χ0n) is 12.2. The Morgan fingerprint density at radius 2 is 1.95 bits per heavy atom. The summed E-state index contributed by atoms with van der Waals surface area (Å²) in [6.07, 6.45) is 4.63. The third-order valence-corrected chi connectivity index (χ3v) is 2.59. The van der Waals surface area contributed by atoms with E-state index in [1.54, 1.807) is 0 Å². The van der Waals surface area contributed by atoms with E-state index < -0.39 is 16.9 Å². The molecule has 0 heterocycles. The van der Waals surface area contributed by atoms with Crippen LogP contribution in [-0.4, -0.2) is 23.5 Å². The van der Waals surface area contributed by atoms with Crippen LogP contribution in [0.3, 0.4) is 0 Å². The molecule has 0 unspecified atom stereocenters. The van der Waals surface area contributed by atoms with Crippen LogP contribution in [0, 0.1) is 10.1 Å². The minimum atomic E-state index is -0.814. The number of esters is 2. The van der Waals surface area contributed by atoms with Gasteiger partial charge >= 0.3 is 11.9 Å². The first-order valence-electron chi connectivity index (χ1n) is 6.84. The van der Waals surface area contributed by atoms with Crippen molar-refractivity contribution in [2.24, 2.45) is 0 Å². The van der Waals surface area contributed by atoms with Crippen molar-refractivity contribution in [2.75, 3.05) is 6.61 Å². The standard InChI is InChI=1S/C15H17NO6/c1-2-3-4-10-21-14(17)8-9-15(18)22-13-7-5-6-12(11-13)16(19)20/h5-9,11H,2-4,10H2,1H3/b9-8+. The highest BCUT2D eigenvalue weighted by atomic mass is 16.6. The molecular formula is C15H17NO6. The Balaban J connectivity index is 2.45. The highest BCUT2D eigenvalue weighted by Gasteiger charge is 2.08. The van der Waals surface area contributed by atoms with Crippen molar-refractivity contribution in [3.63, 3.8) is 0 Å². The van der Waals surface area contributed by atoms with Crippen LogP contribution in [0.5, 0.6) is 5.75 Å². The third-order valence-electron chi connectivity index (χ3n) is 2.59. The maximum atomic E-state index is 11.5. The predicted octanol–water partition coefficient (Wildman–Crippen LogP) is 2.79. The second kappa shape index (κ2) is 9.28. The number of rotatable bonds is 8. The Hall–Kier alpha value is -2.70. The number of nitro benzene ring substituents is 1. The molecule has 1 aromatic rings. The number of hydrogen-bond acceptors (Lipinski definition) is 6. The molecule has 0 aliphatic rings. The Bertz CT molecular complexity index is 567. The lowest BCUT2D eigenvalue weighted by atomic mass is 10.3. The van der Waals surface area contributed by atoms with E-state index >= 15 is 0 Å². The van der Waals surface area contributed by atoms with Crippen molar-refractivity contribution in [1.82, 2.24) is 0 Å². The van der Waals surface area contributed by atoms with E-state index in [0.717, 1.165) is 37.5 Å². The van der Waals surface area contributed by atoms with Crippen LogP contribution in [0.15, 0.2) is 36.4 Å². The molecule has 7 heteroatoms. The highest BCUT2D eigenvalue weighted by Crippen LogP contribution is 2.19. The van der Waals surface area contributed by atoms with Gasteiger partial charge in [0.05, 0.1) is 17.6 Å². The number of unbranched alkanes of at least 4 members (excludes halogenated alkanes) is 2. The van der Waals surface area contributed by atoms with Crippen molar-refractivity contribution in [3.05, 3.63) is 46.5 Å². The lowest BCUT2D eigenvalue weighted by molar-refractivity contribution is -0.384. The van der Waals surface area contributed by atoms with E-state index in [2.05, 4.69) is 0 Å². The fourth-order valence-corrected chi connectivity index (χ4v) is 1.52. The minimum absolute atomic E-state index is 0.0279. The van der Waals surface area contributed by atoms with Crippen molar-refractivity contribution >= 4 is 17.6 Å². The summed E-state index contributed by atoms with van der Waals surface area (Å²) in [6, 6.07) is 5.20. The van der Waals surface area contributed by atoms with Gasteiger partial charge in [0.15, 0.2) is 0 Å². The fourth-order valence-electron chi connectivity index (χ4n) is 1.52. The average molecular weight is 307 g/mol. The Labute approximate surface area is 127 Å². The van der Waals surface area contributed by atoms with Crippen LogP contribution in [0.2, 0.25) is 0 Å². The number of hydrogen-bond donors (Lipinski definition) is 0.